The maximum atomic E-state index is 14.9. The van der Waals surface area contributed by atoms with Crippen LogP contribution in [-0.2, 0) is 28.7 Å². The molecule has 13 heteroatoms. The summed E-state index contributed by atoms with van der Waals surface area (Å²) in [4.78, 5) is 40.9. The van der Waals surface area contributed by atoms with Gasteiger partial charge in [0.15, 0.2) is 11.4 Å². The van der Waals surface area contributed by atoms with Crippen molar-refractivity contribution in [2.75, 3.05) is 14.1 Å². The molecule has 0 heterocycles. The number of amides is 1. The summed E-state index contributed by atoms with van der Waals surface area (Å²) in [6.45, 7) is 6.35. The van der Waals surface area contributed by atoms with Crippen molar-refractivity contribution in [2.24, 2.45) is 34.3 Å². The highest BCUT2D eigenvalue weighted by Gasteiger charge is 2.64. The van der Waals surface area contributed by atoms with E-state index in [0.717, 1.165) is 25.3 Å². The highest BCUT2D eigenvalue weighted by atomic mass is 19.4. The van der Waals surface area contributed by atoms with Crippen LogP contribution < -0.4 is 11.1 Å². The lowest BCUT2D eigenvalue weighted by molar-refractivity contribution is -0.148. The van der Waals surface area contributed by atoms with Gasteiger partial charge in [0.25, 0.3) is 5.91 Å². The van der Waals surface area contributed by atoms with Gasteiger partial charge in [-0.25, -0.2) is 0 Å². The molecule has 0 saturated heterocycles. The molecule has 1 aromatic carbocycles. The summed E-state index contributed by atoms with van der Waals surface area (Å²) in [6.07, 6.45) is -2.81. The first-order valence-corrected chi connectivity index (χ1v) is 15.5. The first kappa shape index (κ1) is 32.5. The Morgan fingerprint density at radius 1 is 1.13 bits per heavy atom. The Morgan fingerprint density at radius 2 is 1.78 bits per heavy atom. The quantitative estimate of drug-likeness (QED) is 0.262. The molecule has 46 heavy (non-hydrogen) atoms. The van der Waals surface area contributed by atoms with Crippen molar-refractivity contribution >= 4 is 17.5 Å². The van der Waals surface area contributed by atoms with Gasteiger partial charge in [0.05, 0.1) is 17.2 Å². The van der Waals surface area contributed by atoms with Gasteiger partial charge < -0.3 is 31.5 Å². The number of fused-ring (bicyclic) bond motifs is 5. The molecule has 7 N–H and O–H groups in total. The Morgan fingerprint density at radius 3 is 2.30 bits per heavy atom. The summed E-state index contributed by atoms with van der Waals surface area (Å²) in [6, 6.07) is -0.364. The molecule has 250 valence electrons. The van der Waals surface area contributed by atoms with Gasteiger partial charge >= 0.3 is 6.18 Å². The maximum absolute atomic E-state index is 14.9. The van der Waals surface area contributed by atoms with E-state index in [0.29, 0.717) is 5.92 Å². The summed E-state index contributed by atoms with van der Waals surface area (Å²) in [7, 11) is 2.95. The number of allylic oxidation sites excluding steroid dienone is 1. The van der Waals surface area contributed by atoms with Gasteiger partial charge in [-0.3, -0.25) is 19.3 Å². The van der Waals surface area contributed by atoms with Crippen molar-refractivity contribution in [1.29, 1.82) is 0 Å². The van der Waals surface area contributed by atoms with Gasteiger partial charge in [0, 0.05) is 24.1 Å². The number of aromatic hydroxyl groups is 1. The van der Waals surface area contributed by atoms with Crippen LogP contribution in [0.15, 0.2) is 28.7 Å². The van der Waals surface area contributed by atoms with Crippen LogP contribution >= 0.6 is 0 Å². The van der Waals surface area contributed by atoms with Crippen LogP contribution in [0.5, 0.6) is 5.75 Å². The van der Waals surface area contributed by atoms with Crippen molar-refractivity contribution < 1.29 is 48.0 Å². The molecule has 0 aliphatic heterocycles. The number of aliphatic hydroxyl groups is 3. The lowest BCUT2D eigenvalue weighted by atomic mass is 9.58. The zero-order chi connectivity index (χ0) is 34.0. The van der Waals surface area contributed by atoms with Crippen molar-refractivity contribution in [1.82, 2.24) is 10.2 Å². The number of carbonyl (C=O) groups excluding carboxylic acids is 3. The molecular weight excluding hydrogens is 607 g/mol. The van der Waals surface area contributed by atoms with E-state index in [-0.39, 0.29) is 35.4 Å². The van der Waals surface area contributed by atoms with Gasteiger partial charge in [0.1, 0.15) is 22.8 Å². The maximum Gasteiger partial charge on any atom is 0.417 e. The zero-order valence-corrected chi connectivity index (χ0v) is 26.4. The van der Waals surface area contributed by atoms with E-state index in [9.17, 15) is 48.0 Å². The fourth-order valence-corrected chi connectivity index (χ4v) is 9.63. The molecule has 10 nitrogen and oxygen atoms in total. The van der Waals surface area contributed by atoms with E-state index in [1.807, 2.05) is 0 Å². The number of likely N-dealkylation sites (N-methyl/N-ethyl adjacent to an activating group) is 1. The van der Waals surface area contributed by atoms with Crippen LogP contribution in [0, 0.1) is 28.6 Å². The molecule has 6 rings (SSSR count). The molecule has 2 unspecified atom stereocenters. The lowest BCUT2D eigenvalue weighted by Gasteiger charge is -2.50. The standard InChI is InChI=1S/C33H40F3N3O7/c1-30(2)15-6-7-31(30,3)19(11-15)38-12-14-10-18(40)21-16(23(14)33(34,35)36)8-13-9-17-24(39(4)5)26(42)22(29(37)45)28(44)32(17,46)27(43)20(13)25(21)41/h10,13,15,17,19,24,38,40,42-43,46H,6-9,11-12H2,1-5H3,(H2,37,45)/t13-,15?,17-,19-,24-,31?,32-/m0/s1. The van der Waals surface area contributed by atoms with Crippen LogP contribution in [-0.4, -0.2) is 74.6 Å². The van der Waals surface area contributed by atoms with Gasteiger partial charge in [-0.1, -0.05) is 20.8 Å². The minimum absolute atomic E-state index is 0.0162. The van der Waals surface area contributed by atoms with Gasteiger partial charge in [-0.05, 0) is 86.1 Å². The van der Waals surface area contributed by atoms with E-state index in [2.05, 4.69) is 26.1 Å². The number of primary amides is 1. The topological polar surface area (TPSA) is 173 Å². The number of phenols is 1. The van der Waals surface area contributed by atoms with Crippen molar-refractivity contribution in [2.45, 2.75) is 83.3 Å². The number of Topliss-reactive ketones (excluding diaryl/α,β-unsaturated/α-hetero) is 2. The monoisotopic (exact) mass is 647 g/mol. The predicted octanol–water partition coefficient (Wildman–Crippen LogP) is 3.44. The first-order chi connectivity index (χ1) is 21.2. The van der Waals surface area contributed by atoms with E-state index in [4.69, 9.17) is 5.73 Å². The normalized spacial score (nSPS) is 35.0. The smallest absolute Gasteiger partial charge is 0.417 e. The van der Waals surface area contributed by atoms with Crippen LogP contribution in [0.4, 0.5) is 13.2 Å². The number of halogens is 3. The Labute approximate surface area is 264 Å². The lowest BCUT2D eigenvalue weighted by Crippen LogP contribution is -2.63. The summed E-state index contributed by atoms with van der Waals surface area (Å²) in [5, 5.41) is 48.4. The molecule has 5 aliphatic rings. The second kappa shape index (κ2) is 10.0. The van der Waals surface area contributed by atoms with E-state index in [1.165, 1.54) is 19.0 Å². The molecule has 0 spiro atoms. The van der Waals surface area contributed by atoms with Crippen molar-refractivity contribution in [3.8, 4) is 5.75 Å². The van der Waals surface area contributed by atoms with E-state index in [1.54, 1.807) is 0 Å². The summed E-state index contributed by atoms with van der Waals surface area (Å²) in [5.41, 5.74) is -1.45. The number of nitrogens with two attached hydrogens (primary N) is 1. The number of benzene rings is 1. The number of nitrogens with zero attached hydrogens (tertiary/aromatic N) is 1. The fourth-order valence-electron chi connectivity index (χ4n) is 9.63. The summed E-state index contributed by atoms with van der Waals surface area (Å²) < 4.78 is 44.7. The number of alkyl halides is 3. The zero-order valence-electron chi connectivity index (χ0n) is 26.4. The molecular formula is C33H40F3N3O7. The minimum atomic E-state index is -4.91. The van der Waals surface area contributed by atoms with Gasteiger partial charge in [0.2, 0.25) is 5.78 Å². The number of hydrogen-bond donors (Lipinski definition) is 6. The Kier molecular flexibility index (Phi) is 7.10. The molecule has 1 aromatic rings. The fraction of sp³-hybridized carbons (Fsp3) is 0.606. The van der Waals surface area contributed by atoms with Crippen LogP contribution in [0.1, 0.15) is 73.5 Å². The number of nitrogens with one attached hydrogen (secondary N) is 1. The van der Waals surface area contributed by atoms with Crippen LogP contribution in [0.2, 0.25) is 0 Å². The van der Waals surface area contributed by atoms with Crippen molar-refractivity contribution in [3.63, 3.8) is 0 Å². The average Bonchev–Trinajstić information content (AvgIpc) is 3.26. The molecule has 2 saturated carbocycles. The SMILES string of the molecule is CN(C)[C@@H]1C(O)=C(C(N)=O)C(=O)[C@@]2(O)C(O)=C3C(=O)c4c(O)cc(CN[C@H]5CC6CCC5(C)C6(C)C)c(C(F)(F)F)c4C[C@H]3C[C@@H]12. The third kappa shape index (κ3) is 4.10. The predicted molar refractivity (Wildman–Crippen MR) is 159 cm³/mol. The van der Waals surface area contributed by atoms with Crippen LogP contribution in [0.25, 0.3) is 0 Å². The third-order valence-corrected chi connectivity index (χ3v) is 12.4. The first-order valence-electron chi connectivity index (χ1n) is 15.5. The number of phenolic OH excluding ortho intramolecular Hbond substituents is 1. The minimum Gasteiger partial charge on any atom is -0.510 e. The van der Waals surface area contributed by atoms with Gasteiger partial charge in [-0.15, -0.1) is 0 Å². The molecule has 7 atom stereocenters. The second-order valence-corrected chi connectivity index (χ2v) is 14.8. The number of ketones is 2. The molecule has 5 aliphatic carbocycles. The molecule has 1 amide bonds. The average molecular weight is 648 g/mol. The molecule has 2 bridgehead atoms. The van der Waals surface area contributed by atoms with Gasteiger partial charge in [-0.2, -0.15) is 13.2 Å². The van der Waals surface area contributed by atoms with E-state index < -0.39 is 98.7 Å². The second-order valence-electron chi connectivity index (χ2n) is 14.8. The third-order valence-electron chi connectivity index (χ3n) is 12.4. The number of carbonyl (C=O) groups is 3. The molecule has 2 fully saturated rings. The highest BCUT2D eigenvalue weighted by molar-refractivity contribution is 6.24. The number of rotatable bonds is 5. The Balaban J connectivity index is 1.45. The van der Waals surface area contributed by atoms with Crippen LogP contribution in [0.3, 0.4) is 0 Å². The summed E-state index contributed by atoms with van der Waals surface area (Å²) >= 11 is 0. The van der Waals surface area contributed by atoms with Crippen molar-refractivity contribution in [3.05, 3.63) is 51.0 Å². The Hall–Kier alpha value is -3.42. The molecule has 0 radical (unpaired) electrons. The number of hydrogen-bond acceptors (Lipinski definition) is 9. The number of aliphatic hydroxyl groups excluding tert-OH is 2. The Bertz CT molecular complexity index is 1650. The van der Waals surface area contributed by atoms with E-state index >= 15 is 0 Å². The summed E-state index contributed by atoms with van der Waals surface area (Å²) in [5.74, 6) is -8.54. The largest absolute Gasteiger partial charge is 0.510 e. The molecule has 0 aromatic heterocycles. The highest BCUT2D eigenvalue weighted by Crippen LogP contribution is 2.65.